The van der Waals surface area contributed by atoms with Gasteiger partial charge in [-0.15, -0.1) is 0 Å². The topological polar surface area (TPSA) is 37.4 Å². The Bertz CT molecular complexity index is 405. The summed E-state index contributed by atoms with van der Waals surface area (Å²) in [6.07, 6.45) is 0.412. The quantitative estimate of drug-likeness (QED) is 0.743. The number of nitrogens with zero attached hydrogens (tertiary/aromatic N) is 1. The summed E-state index contributed by atoms with van der Waals surface area (Å²) in [7, 11) is 0. The van der Waals surface area contributed by atoms with Gasteiger partial charge in [0.05, 0.1) is 6.54 Å². The van der Waals surface area contributed by atoms with Gasteiger partial charge in [-0.2, -0.15) is 0 Å². The fourth-order valence-electron chi connectivity index (χ4n) is 3.22. The van der Waals surface area contributed by atoms with Crippen LogP contribution in [-0.2, 0) is 9.59 Å². The lowest BCUT2D eigenvalue weighted by Gasteiger charge is -2.37. The molecule has 1 aliphatic heterocycles. The number of hydrogen-bond acceptors (Lipinski definition) is 2. The first-order valence-electron chi connectivity index (χ1n) is 7.30. The summed E-state index contributed by atoms with van der Waals surface area (Å²) in [5.41, 5.74) is -0.166. The molecule has 0 aromatic heterocycles. The van der Waals surface area contributed by atoms with Crippen LogP contribution in [0.15, 0.2) is 0 Å². The molecule has 3 nitrogen and oxygen atoms in total. The number of amides is 1. The van der Waals surface area contributed by atoms with Crippen LogP contribution in [-0.4, -0.2) is 35.1 Å². The van der Waals surface area contributed by atoms with Crippen molar-refractivity contribution in [2.24, 2.45) is 11.3 Å². The average molecular weight is 287 g/mol. The highest BCUT2D eigenvalue weighted by Crippen LogP contribution is 2.39. The van der Waals surface area contributed by atoms with E-state index in [0.717, 1.165) is 0 Å². The lowest BCUT2D eigenvalue weighted by atomic mass is 9.82. The van der Waals surface area contributed by atoms with E-state index in [2.05, 4.69) is 0 Å². The highest BCUT2D eigenvalue weighted by atomic mass is 19.3. The number of likely N-dealkylation sites (tertiary alicyclic amines) is 1. The van der Waals surface area contributed by atoms with Gasteiger partial charge in [0, 0.05) is 31.2 Å². The second-order valence-corrected chi connectivity index (χ2v) is 7.22. The number of Topliss-reactive ketones (excluding diaryl/α,β-unsaturated/α-hetero) is 1. The van der Waals surface area contributed by atoms with Crippen molar-refractivity contribution in [2.75, 3.05) is 6.54 Å². The van der Waals surface area contributed by atoms with Crippen molar-refractivity contribution in [3.05, 3.63) is 0 Å². The first-order chi connectivity index (χ1) is 9.10. The number of ketones is 1. The third-order valence-electron chi connectivity index (χ3n) is 4.49. The van der Waals surface area contributed by atoms with E-state index < -0.39 is 5.92 Å². The Morgan fingerprint density at radius 1 is 1.25 bits per heavy atom. The monoisotopic (exact) mass is 287 g/mol. The molecule has 1 heterocycles. The van der Waals surface area contributed by atoms with Crippen LogP contribution in [0.5, 0.6) is 0 Å². The van der Waals surface area contributed by atoms with Gasteiger partial charge >= 0.3 is 0 Å². The second-order valence-electron chi connectivity index (χ2n) is 7.22. The summed E-state index contributed by atoms with van der Waals surface area (Å²) in [5, 5.41) is 0. The van der Waals surface area contributed by atoms with Crippen LogP contribution < -0.4 is 0 Å². The molecule has 0 aromatic rings. The Morgan fingerprint density at radius 3 is 2.30 bits per heavy atom. The lowest BCUT2D eigenvalue weighted by Crippen LogP contribution is -2.46. The molecule has 1 atom stereocenters. The van der Waals surface area contributed by atoms with Crippen LogP contribution in [0.4, 0.5) is 8.78 Å². The highest BCUT2D eigenvalue weighted by molar-refractivity contribution is 5.91. The number of halogens is 2. The average Bonchev–Trinajstić information content (AvgIpc) is 2.70. The summed E-state index contributed by atoms with van der Waals surface area (Å²) in [5.74, 6) is -3.00. The highest BCUT2D eigenvalue weighted by Gasteiger charge is 2.45. The molecule has 20 heavy (non-hydrogen) atoms. The van der Waals surface area contributed by atoms with Gasteiger partial charge in [0.15, 0.2) is 5.78 Å². The van der Waals surface area contributed by atoms with Crippen LogP contribution in [0.3, 0.4) is 0 Å². The first-order valence-corrected chi connectivity index (χ1v) is 7.30. The fraction of sp³-hybridized carbons (Fsp3) is 0.867. The summed E-state index contributed by atoms with van der Waals surface area (Å²) < 4.78 is 26.3. The molecule has 1 saturated heterocycles. The van der Waals surface area contributed by atoms with Gasteiger partial charge in [-0.25, -0.2) is 8.78 Å². The van der Waals surface area contributed by atoms with E-state index in [4.69, 9.17) is 0 Å². The maximum absolute atomic E-state index is 13.2. The minimum absolute atomic E-state index is 0.0689. The van der Waals surface area contributed by atoms with E-state index in [-0.39, 0.29) is 61.3 Å². The SMILES string of the molecule is CC(C)(C)C1CC(=O)CN1C(=O)C1CCC(F)(F)CC1. The molecule has 0 aromatic carbocycles. The summed E-state index contributed by atoms with van der Waals surface area (Å²) >= 11 is 0. The molecule has 2 rings (SSSR count). The standard InChI is InChI=1S/C15H23F2NO2/c1-14(2,3)12-8-11(19)9-18(12)13(20)10-4-6-15(16,17)7-5-10/h10,12H,4-9H2,1-3H3. The molecule has 1 unspecified atom stereocenters. The van der Waals surface area contributed by atoms with Crippen molar-refractivity contribution < 1.29 is 18.4 Å². The van der Waals surface area contributed by atoms with Crippen LogP contribution in [0, 0.1) is 11.3 Å². The first kappa shape index (κ1) is 15.4. The van der Waals surface area contributed by atoms with Crippen LogP contribution in [0.2, 0.25) is 0 Å². The second kappa shape index (κ2) is 5.08. The van der Waals surface area contributed by atoms with Gasteiger partial charge in [0.25, 0.3) is 0 Å². The van der Waals surface area contributed by atoms with E-state index >= 15 is 0 Å². The van der Waals surface area contributed by atoms with Crippen LogP contribution >= 0.6 is 0 Å². The van der Waals surface area contributed by atoms with Crippen molar-refractivity contribution in [3.8, 4) is 0 Å². The van der Waals surface area contributed by atoms with Gasteiger partial charge in [-0.05, 0) is 18.3 Å². The summed E-state index contributed by atoms with van der Waals surface area (Å²) in [6, 6.07) is -0.107. The Hall–Kier alpha value is -1.00. The molecular formula is C15H23F2NO2. The Morgan fingerprint density at radius 2 is 1.80 bits per heavy atom. The van der Waals surface area contributed by atoms with Gasteiger partial charge in [0.2, 0.25) is 11.8 Å². The summed E-state index contributed by atoms with van der Waals surface area (Å²) in [6.45, 7) is 6.16. The van der Waals surface area contributed by atoms with Gasteiger partial charge in [0.1, 0.15) is 0 Å². The normalized spacial score (nSPS) is 27.9. The van der Waals surface area contributed by atoms with Crippen molar-refractivity contribution in [1.29, 1.82) is 0 Å². The Labute approximate surface area is 118 Å². The number of carbonyl (C=O) groups is 2. The molecule has 2 fully saturated rings. The van der Waals surface area contributed by atoms with Crippen molar-refractivity contribution in [3.63, 3.8) is 0 Å². The molecule has 1 saturated carbocycles. The molecule has 0 bridgehead atoms. The maximum Gasteiger partial charge on any atom is 0.248 e. The van der Waals surface area contributed by atoms with Gasteiger partial charge < -0.3 is 4.90 Å². The predicted octanol–water partition coefficient (Wildman–Crippen LogP) is 3.03. The molecule has 2 aliphatic rings. The molecule has 5 heteroatoms. The van der Waals surface area contributed by atoms with Crippen molar-refractivity contribution in [1.82, 2.24) is 4.90 Å². The third-order valence-corrected chi connectivity index (χ3v) is 4.49. The summed E-state index contributed by atoms with van der Waals surface area (Å²) in [4.78, 5) is 25.9. The largest absolute Gasteiger partial charge is 0.331 e. The van der Waals surface area contributed by atoms with Crippen LogP contribution in [0.1, 0.15) is 52.9 Å². The zero-order chi connectivity index (χ0) is 15.1. The molecule has 114 valence electrons. The maximum atomic E-state index is 13.2. The molecule has 1 amide bonds. The molecule has 0 radical (unpaired) electrons. The zero-order valence-corrected chi connectivity index (χ0v) is 12.4. The van der Waals surface area contributed by atoms with E-state index in [1.165, 1.54) is 0 Å². The van der Waals surface area contributed by atoms with E-state index in [0.29, 0.717) is 6.42 Å². The predicted molar refractivity (Wildman–Crippen MR) is 71.5 cm³/mol. The zero-order valence-electron chi connectivity index (χ0n) is 12.4. The van der Waals surface area contributed by atoms with Gasteiger partial charge in [-0.1, -0.05) is 20.8 Å². The Balaban J connectivity index is 2.07. The van der Waals surface area contributed by atoms with Crippen molar-refractivity contribution >= 4 is 11.7 Å². The Kier molecular flexibility index (Phi) is 3.91. The minimum atomic E-state index is -2.62. The van der Waals surface area contributed by atoms with Crippen LogP contribution in [0.25, 0.3) is 0 Å². The number of carbonyl (C=O) groups excluding carboxylic acids is 2. The third kappa shape index (κ3) is 3.18. The van der Waals surface area contributed by atoms with Crippen molar-refractivity contribution in [2.45, 2.75) is 64.8 Å². The number of alkyl halides is 2. The molecule has 0 N–H and O–H groups in total. The smallest absolute Gasteiger partial charge is 0.248 e. The molecular weight excluding hydrogens is 264 g/mol. The minimum Gasteiger partial charge on any atom is -0.331 e. The molecule has 0 spiro atoms. The van der Waals surface area contributed by atoms with E-state index in [1.807, 2.05) is 20.8 Å². The van der Waals surface area contributed by atoms with Gasteiger partial charge in [-0.3, -0.25) is 9.59 Å². The fourth-order valence-corrected chi connectivity index (χ4v) is 3.22. The number of rotatable bonds is 1. The van der Waals surface area contributed by atoms with E-state index in [9.17, 15) is 18.4 Å². The molecule has 1 aliphatic carbocycles. The van der Waals surface area contributed by atoms with E-state index in [1.54, 1.807) is 4.90 Å². The number of hydrogen-bond donors (Lipinski definition) is 0. The lowest BCUT2D eigenvalue weighted by molar-refractivity contribution is -0.143.